The second-order valence-corrected chi connectivity index (χ2v) is 18.9. The molecule has 0 unspecified atom stereocenters. The Hall–Kier alpha value is -2.06. The quantitative estimate of drug-likeness (QED) is 0.0339. The van der Waals surface area contributed by atoms with Crippen LogP contribution in [0.25, 0.3) is 32.7 Å². The van der Waals surface area contributed by atoms with Crippen LogP contribution in [0.5, 0.6) is 23.0 Å². The Labute approximate surface area is 502 Å². The summed E-state index contributed by atoms with van der Waals surface area (Å²) >= 11 is 0. The van der Waals surface area contributed by atoms with Crippen molar-refractivity contribution in [3.8, 4) is 34.1 Å². The van der Waals surface area contributed by atoms with E-state index in [-0.39, 0.29) is 186 Å². The van der Waals surface area contributed by atoms with Gasteiger partial charge in [-0.15, -0.1) is 20.5 Å². The van der Waals surface area contributed by atoms with Gasteiger partial charge in [0, 0.05) is 56.3 Å². The molecule has 0 saturated carbocycles. The molecule has 9 N–H and O–H groups in total. The van der Waals surface area contributed by atoms with Gasteiger partial charge in [-0.3, -0.25) is 18.2 Å². The summed E-state index contributed by atoms with van der Waals surface area (Å²) in [7, 11) is -20.9. The van der Waals surface area contributed by atoms with E-state index in [1.54, 1.807) is 36.4 Å². The third kappa shape index (κ3) is 14.8. The molecule has 0 amide bonds. The maximum absolute atomic E-state index is 12.4. The van der Waals surface area contributed by atoms with Crippen LogP contribution in [0.15, 0.2) is 149 Å². The van der Waals surface area contributed by atoms with Crippen molar-refractivity contribution in [3.05, 3.63) is 109 Å². The monoisotopic (exact) mass is 1150 g/mol. The average Bonchev–Trinajstić information content (AvgIpc) is 3.19. The molecule has 0 aliphatic carbocycles. The van der Waals surface area contributed by atoms with Gasteiger partial charge in [0.1, 0.15) is 48.9 Å². The molecule has 0 bridgehead atoms. The number of hydrogen-bond acceptors (Lipinski definition) is 17. The number of benzene rings is 7. The van der Waals surface area contributed by atoms with Crippen molar-refractivity contribution in [2.75, 3.05) is 5.32 Å². The molecule has 69 heavy (non-hydrogen) atoms. The molecular formula is C38H27Cu2N5Na4O16S4+4. The molecule has 7 aromatic rings. The minimum atomic E-state index is -5.38. The van der Waals surface area contributed by atoms with Crippen molar-refractivity contribution in [1.82, 2.24) is 0 Å². The zero-order valence-electron chi connectivity index (χ0n) is 35.8. The topological polar surface area (TPSA) is 360 Å². The van der Waals surface area contributed by atoms with E-state index in [1.807, 2.05) is 6.07 Å². The predicted molar refractivity (Wildman–Crippen MR) is 224 cm³/mol. The summed E-state index contributed by atoms with van der Waals surface area (Å²) in [6.07, 6.45) is 0. The fourth-order valence-electron chi connectivity index (χ4n) is 6.26. The molecule has 0 aromatic heterocycles. The van der Waals surface area contributed by atoms with E-state index in [4.69, 9.17) is 0 Å². The maximum Gasteiger partial charge on any atom is 1.00 e. The number of azo groups is 2. The first-order chi connectivity index (χ1) is 29.4. The molecule has 31 heteroatoms. The average molecular weight is 1160 g/mol. The first-order valence-electron chi connectivity index (χ1n) is 17.3. The Morgan fingerprint density at radius 2 is 0.884 bits per heavy atom. The first-order valence-corrected chi connectivity index (χ1v) is 23.0. The van der Waals surface area contributed by atoms with Gasteiger partial charge < -0.3 is 25.7 Å². The Kier molecular flexibility index (Phi) is 23.8. The van der Waals surface area contributed by atoms with Crippen molar-refractivity contribution in [3.63, 3.8) is 0 Å². The summed E-state index contributed by atoms with van der Waals surface area (Å²) in [5, 5.41) is 60.7. The van der Waals surface area contributed by atoms with Crippen LogP contribution in [0.1, 0.15) is 0 Å². The van der Waals surface area contributed by atoms with Crippen LogP contribution in [0.4, 0.5) is 34.1 Å². The van der Waals surface area contributed by atoms with Crippen LogP contribution in [-0.4, -0.2) is 72.3 Å². The molecule has 0 spiro atoms. The van der Waals surface area contributed by atoms with E-state index in [2.05, 4.69) is 25.8 Å². The van der Waals surface area contributed by atoms with Crippen LogP contribution in [0.2, 0.25) is 0 Å². The summed E-state index contributed by atoms with van der Waals surface area (Å²) in [5.74, 6) is -3.14. The molecular weight excluding hydrogens is 1130 g/mol. The second-order valence-electron chi connectivity index (χ2n) is 13.3. The second kappa shape index (κ2) is 25.3. The van der Waals surface area contributed by atoms with E-state index in [0.29, 0.717) is 17.8 Å². The summed E-state index contributed by atoms with van der Waals surface area (Å²) in [5.41, 5.74) is -0.648. The Balaban J connectivity index is 0.00000397. The number of anilines is 2. The molecule has 0 aliphatic rings. The molecule has 2 radical (unpaired) electrons. The molecule has 7 aromatic carbocycles. The molecule has 0 saturated heterocycles. The van der Waals surface area contributed by atoms with Crippen LogP contribution in [0, 0.1) is 0 Å². The van der Waals surface area contributed by atoms with Crippen LogP contribution in [-0.2, 0) is 74.6 Å². The number of nitrogens with one attached hydrogen (secondary N) is 1. The Morgan fingerprint density at radius 1 is 0.420 bits per heavy atom. The molecule has 0 fully saturated rings. The fourth-order valence-corrected chi connectivity index (χ4v) is 8.94. The van der Waals surface area contributed by atoms with Crippen molar-refractivity contribution in [2.45, 2.75) is 19.6 Å². The van der Waals surface area contributed by atoms with Crippen molar-refractivity contribution in [2.24, 2.45) is 20.5 Å². The van der Waals surface area contributed by atoms with Gasteiger partial charge in [0.05, 0.1) is 4.90 Å². The number of para-hydroxylation sites is 1. The minimum absolute atomic E-state index is 0. The Bertz CT molecular complexity index is 3620. The molecule has 21 nitrogen and oxygen atoms in total. The smallest absolute Gasteiger partial charge is 0.506 e. The van der Waals surface area contributed by atoms with Gasteiger partial charge in [-0.05, 0) is 101 Å². The number of rotatable bonds is 11. The number of phenolic OH excluding ortho intramolecular Hbond substituents is 4. The zero-order valence-corrected chi connectivity index (χ0v) is 48.9. The van der Waals surface area contributed by atoms with E-state index in [1.165, 1.54) is 30.3 Å². The van der Waals surface area contributed by atoms with Crippen molar-refractivity contribution in [1.29, 1.82) is 0 Å². The molecule has 7 rings (SSSR count). The van der Waals surface area contributed by atoms with Gasteiger partial charge in [-0.25, -0.2) is 0 Å². The first kappa shape index (κ1) is 65.0. The molecule has 0 aliphatic heterocycles. The minimum Gasteiger partial charge on any atom is -0.506 e. The van der Waals surface area contributed by atoms with Crippen LogP contribution in [0.3, 0.4) is 0 Å². The summed E-state index contributed by atoms with van der Waals surface area (Å²) in [6, 6.07) is 23.5. The summed E-state index contributed by atoms with van der Waals surface area (Å²) < 4.78 is 136. The van der Waals surface area contributed by atoms with E-state index >= 15 is 0 Å². The maximum atomic E-state index is 12.4. The summed E-state index contributed by atoms with van der Waals surface area (Å²) in [6.45, 7) is 0. The number of fused-ring (bicyclic) bond motifs is 2. The van der Waals surface area contributed by atoms with Gasteiger partial charge in [0.2, 0.25) is 0 Å². The van der Waals surface area contributed by atoms with Crippen LogP contribution >= 0.6 is 0 Å². The number of aromatic hydroxyl groups is 4. The van der Waals surface area contributed by atoms with Gasteiger partial charge >= 0.3 is 118 Å². The fraction of sp³-hybridized carbons (Fsp3) is 0. The number of phenols is 4. The van der Waals surface area contributed by atoms with E-state index in [0.717, 1.165) is 23.9 Å². The third-order valence-electron chi connectivity index (χ3n) is 9.13. The molecule has 0 atom stereocenters. The molecule has 0 heterocycles. The van der Waals surface area contributed by atoms with Gasteiger partial charge in [-0.2, -0.15) is 33.7 Å². The van der Waals surface area contributed by atoms with E-state index in [9.17, 15) is 72.3 Å². The summed E-state index contributed by atoms with van der Waals surface area (Å²) in [4.78, 5) is -4.44. The number of hydrogen-bond donors (Lipinski definition) is 9. The van der Waals surface area contributed by atoms with E-state index < -0.39 is 111 Å². The van der Waals surface area contributed by atoms with Gasteiger partial charge in [0.25, 0.3) is 40.5 Å². The molecule has 346 valence electrons. The van der Waals surface area contributed by atoms with Crippen LogP contribution < -0.4 is 124 Å². The number of nitrogens with zero attached hydrogens (tertiary/aromatic N) is 4. The van der Waals surface area contributed by atoms with Gasteiger partial charge in [-0.1, -0.05) is 30.3 Å². The SMILES string of the molecule is O=S(=O)(O)c1cc(S(=O)(=O)O)c2c(O)c(N=Nc3ccc(-c4ccc(N=Nc5c(S(=O)(=O)O)cc6cc(Nc7ccccc7)ccc6c5O)c(O)c4)cc3O)c(S(=O)(=O)O)cc2c1.[Cu].[Cu].[Na+].[Na+].[Na+].[Na+]. The van der Waals surface area contributed by atoms with Gasteiger partial charge in [0.15, 0.2) is 11.5 Å². The standard InChI is InChI=1S/C38H27N5O16S4.2Cu.4Na/c44-29-14-19(6-10-27(29)40-42-35-32(62(54,55)56)16-21-12-24(8-9-26(21)37(35)46)39-23-4-2-1-3-5-23)20-7-11-28(30(45)15-20)41-43-36-33(63(57,58)59)17-22-13-25(60(48,49)50)18-31(61(51,52)53)34(22)38(36)47;;;;;;/h1-18,39,44-47H,(H,48,49,50)(H,51,52,53)(H,54,55,56)(H,57,58,59);;;;;;/q;;;4*+1. The zero-order chi connectivity index (χ0) is 45.8. The van der Waals surface area contributed by atoms with Crippen molar-refractivity contribution >= 4 is 96.1 Å². The third-order valence-corrected chi connectivity index (χ3v) is 12.6. The van der Waals surface area contributed by atoms with Crippen molar-refractivity contribution < 1.29 is 225 Å². The Morgan fingerprint density at radius 3 is 1.33 bits per heavy atom. The largest absolute Gasteiger partial charge is 1.00 e. The predicted octanol–water partition coefficient (Wildman–Crippen LogP) is -3.95. The normalized spacial score (nSPS) is 11.7.